The Hall–Kier alpha value is -0.300. The summed E-state index contributed by atoms with van der Waals surface area (Å²) in [4.78, 5) is 0. The first kappa shape index (κ1) is 18.0. The maximum absolute atomic E-state index is 5.31. The molecule has 2 aliphatic carbocycles. The Morgan fingerprint density at radius 2 is 1.23 bits per heavy atom. The maximum Gasteiger partial charge on any atom is 0.0490 e. The number of hydrogen-bond acceptors (Lipinski definition) is 1. The minimum absolute atomic E-state index is 0.854. The van der Waals surface area contributed by atoms with E-state index in [0.29, 0.717) is 0 Å². The molecule has 1 nitrogen and oxygen atoms in total. The van der Waals surface area contributed by atoms with Crippen LogP contribution in [0, 0.1) is 23.7 Å². The molecule has 2 saturated carbocycles. The Labute approximate surface area is 138 Å². The average molecular weight is 307 g/mol. The van der Waals surface area contributed by atoms with Gasteiger partial charge in [-0.15, -0.1) is 6.58 Å². The van der Waals surface area contributed by atoms with Crippen molar-refractivity contribution in [3.05, 3.63) is 12.7 Å². The van der Waals surface area contributed by atoms with Gasteiger partial charge in [0, 0.05) is 13.7 Å². The summed E-state index contributed by atoms with van der Waals surface area (Å²) in [5, 5.41) is 0. The third-order valence-electron chi connectivity index (χ3n) is 6.34. The van der Waals surface area contributed by atoms with Crippen molar-refractivity contribution in [1.29, 1.82) is 0 Å². The van der Waals surface area contributed by atoms with Crippen molar-refractivity contribution < 1.29 is 4.74 Å². The summed E-state index contributed by atoms with van der Waals surface area (Å²) in [6, 6.07) is 0. The molecule has 22 heavy (non-hydrogen) atoms. The second kappa shape index (κ2) is 10.5. The van der Waals surface area contributed by atoms with E-state index >= 15 is 0 Å². The van der Waals surface area contributed by atoms with Gasteiger partial charge >= 0.3 is 0 Å². The minimum Gasteiger partial charge on any atom is -0.384 e. The molecule has 0 radical (unpaired) electrons. The van der Waals surface area contributed by atoms with E-state index in [1.807, 2.05) is 7.11 Å². The van der Waals surface area contributed by atoms with Gasteiger partial charge in [-0.1, -0.05) is 63.9 Å². The molecule has 2 fully saturated rings. The minimum atomic E-state index is 0.854. The topological polar surface area (TPSA) is 9.23 Å². The Bertz CT molecular complexity index is 282. The number of ether oxygens (including phenoxy) is 1. The van der Waals surface area contributed by atoms with Crippen molar-refractivity contribution in [2.24, 2.45) is 23.7 Å². The number of rotatable bonds is 9. The van der Waals surface area contributed by atoms with Crippen molar-refractivity contribution in [3.63, 3.8) is 0 Å². The van der Waals surface area contributed by atoms with Gasteiger partial charge in [-0.25, -0.2) is 0 Å². The van der Waals surface area contributed by atoms with Crippen LogP contribution < -0.4 is 0 Å². The lowest BCUT2D eigenvalue weighted by atomic mass is 9.75. The van der Waals surface area contributed by atoms with Gasteiger partial charge in [-0.2, -0.15) is 0 Å². The molecule has 0 amide bonds. The fourth-order valence-electron chi connectivity index (χ4n) is 4.75. The molecule has 0 aromatic rings. The van der Waals surface area contributed by atoms with Gasteiger partial charge in [0.1, 0.15) is 0 Å². The smallest absolute Gasteiger partial charge is 0.0490 e. The normalized spacial score (nSPS) is 32.8. The van der Waals surface area contributed by atoms with Crippen LogP contribution in [0.5, 0.6) is 0 Å². The van der Waals surface area contributed by atoms with Crippen LogP contribution in [0.3, 0.4) is 0 Å². The molecule has 0 heterocycles. The van der Waals surface area contributed by atoms with E-state index in [9.17, 15) is 0 Å². The van der Waals surface area contributed by atoms with Crippen molar-refractivity contribution in [2.75, 3.05) is 13.7 Å². The van der Waals surface area contributed by atoms with Crippen LogP contribution in [0.2, 0.25) is 0 Å². The van der Waals surface area contributed by atoms with Gasteiger partial charge in [0.25, 0.3) is 0 Å². The lowest BCUT2D eigenvalue weighted by Crippen LogP contribution is -2.20. The predicted octanol–water partition coefficient (Wildman–Crippen LogP) is 6.38. The van der Waals surface area contributed by atoms with Gasteiger partial charge < -0.3 is 4.74 Å². The third-order valence-corrected chi connectivity index (χ3v) is 6.34. The Morgan fingerprint density at radius 1 is 0.773 bits per heavy atom. The number of unbranched alkanes of at least 4 members (excludes halogenated alkanes) is 1. The predicted molar refractivity (Wildman–Crippen MR) is 96.1 cm³/mol. The molecular formula is C21H38O. The number of allylic oxidation sites excluding steroid dienone is 1. The summed E-state index contributed by atoms with van der Waals surface area (Å²) >= 11 is 0. The fourth-order valence-corrected chi connectivity index (χ4v) is 4.75. The molecular weight excluding hydrogens is 268 g/mol. The van der Waals surface area contributed by atoms with E-state index < -0.39 is 0 Å². The molecule has 0 saturated heterocycles. The van der Waals surface area contributed by atoms with Crippen LogP contribution in [0.15, 0.2) is 12.7 Å². The lowest BCUT2D eigenvalue weighted by Gasteiger charge is -2.32. The average Bonchev–Trinajstić information content (AvgIpc) is 2.56. The third kappa shape index (κ3) is 6.44. The quantitative estimate of drug-likeness (QED) is 0.354. The highest BCUT2D eigenvalue weighted by Gasteiger charge is 2.24. The largest absolute Gasteiger partial charge is 0.384 e. The van der Waals surface area contributed by atoms with E-state index in [0.717, 1.165) is 30.3 Å². The SMILES string of the molecule is C=CCCCC1CCC(CCC2CCC(COC)CC2)CC1. The molecule has 0 aliphatic heterocycles. The lowest BCUT2D eigenvalue weighted by molar-refractivity contribution is 0.115. The van der Waals surface area contributed by atoms with Crippen molar-refractivity contribution in [2.45, 2.75) is 83.5 Å². The number of methoxy groups -OCH3 is 1. The zero-order chi connectivity index (χ0) is 15.6. The van der Waals surface area contributed by atoms with E-state index in [1.165, 1.54) is 83.5 Å². The first-order chi connectivity index (χ1) is 10.8. The highest BCUT2D eigenvalue weighted by atomic mass is 16.5. The van der Waals surface area contributed by atoms with Crippen LogP contribution in [0.4, 0.5) is 0 Å². The van der Waals surface area contributed by atoms with Crippen molar-refractivity contribution in [1.82, 2.24) is 0 Å². The van der Waals surface area contributed by atoms with Crippen LogP contribution in [-0.2, 0) is 4.74 Å². The van der Waals surface area contributed by atoms with E-state index in [1.54, 1.807) is 0 Å². The molecule has 0 spiro atoms. The van der Waals surface area contributed by atoms with Gasteiger partial charge in [0.2, 0.25) is 0 Å². The maximum atomic E-state index is 5.31. The summed E-state index contributed by atoms with van der Waals surface area (Å²) in [6.45, 7) is 4.82. The van der Waals surface area contributed by atoms with Crippen LogP contribution in [0.1, 0.15) is 83.5 Å². The molecule has 2 rings (SSSR count). The molecule has 2 aliphatic rings. The number of hydrogen-bond donors (Lipinski definition) is 0. The second-order valence-corrected chi connectivity index (χ2v) is 8.03. The molecule has 0 N–H and O–H groups in total. The molecule has 0 aromatic carbocycles. The van der Waals surface area contributed by atoms with Gasteiger partial charge in [-0.3, -0.25) is 0 Å². The summed E-state index contributed by atoms with van der Waals surface area (Å²) < 4.78 is 5.31. The van der Waals surface area contributed by atoms with Crippen molar-refractivity contribution in [3.8, 4) is 0 Å². The van der Waals surface area contributed by atoms with Crippen LogP contribution in [-0.4, -0.2) is 13.7 Å². The fraction of sp³-hybridized carbons (Fsp3) is 0.905. The molecule has 0 atom stereocenters. The zero-order valence-corrected chi connectivity index (χ0v) is 14.9. The monoisotopic (exact) mass is 306 g/mol. The Balaban J connectivity index is 1.53. The molecule has 0 bridgehead atoms. The first-order valence-corrected chi connectivity index (χ1v) is 9.91. The zero-order valence-electron chi connectivity index (χ0n) is 14.9. The summed E-state index contributed by atoms with van der Waals surface area (Å²) in [6.07, 6.45) is 20.9. The van der Waals surface area contributed by atoms with Crippen LogP contribution in [0.25, 0.3) is 0 Å². The van der Waals surface area contributed by atoms with E-state index in [4.69, 9.17) is 4.74 Å². The highest BCUT2D eigenvalue weighted by Crippen LogP contribution is 2.37. The highest BCUT2D eigenvalue weighted by molar-refractivity contribution is 4.77. The Morgan fingerprint density at radius 3 is 1.68 bits per heavy atom. The molecule has 128 valence electrons. The van der Waals surface area contributed by atoms with E-state index in [-0.39, 0.29) is 0 Å². The second-order valence-electron chi connectivity index (χ2n) is 8.03. The van der Waals surface area contributed by atoms with Gasteiger partial charge in [0.05, 0.1) is 0 Å². The van der Waals surface area contributed by atoms with Crippen molar-refractivity contribution >= 4 is 0 Å². The van der Waals surface area contributed by atoms with Crippen LogP contribution >= 0.6 is 0 Å². The van der Waals surface area contributed by atoms with Gasteiger partial charge in [-0.05, 0) is 49.4 Å². The van der Waals surface area contributed by atoms with Gasteiger partial charge in [0.15, 0.2) is 0 Å². The first-order valence-electron chi connectivity index (χ1n) is 9.91. The summed E-state index contributed by atoms with van der Waals surface area (Å²) in [7, 11) is 1.85. The molecule has 0 unspecified atom stereocenters. The summed E-state index contributed by atoms with van der Waals surface area (Å²) in [5.41, 5.74) is 0. The van der Waals surface area contributed by atoms with E-state index in [2.05, 4.69) is 12.7 Å². The molecule has 1 heteroatoms. The summed E-state index contributed by atoms with van der Waals surface area (Å²) in [5.74, 6) is 3.96. The standard InChI is InChI=1S/C21H38O/c1-3-4-5-6-18-7-9-19(10-8-18)11-12-20-13-15-21(16-14-20)17-22-2/h3,18-21H,1,4-17H2,2H3. The Kier molecular flexibility index (Phi) is 8.59. The molecule has 0 aromatic heterocycles.